The molecule has 6 heteroatoms. The molecular formula is C19H23ClFNO3. The zero-order chi connectivity index (χ0) is 18.2. The average Bonchev–Trinajstić information content (AvgIpc) is 2.58. The summed E-state index contributed by atoms with van der Waals surface area (Å²) in [6.07, 6.45) is -0.690. The number of para-hydroxylation sites is 1. The molecule has 2 rings (SSSR count). The van der Waals surface area contributed by atoms with Gasteiger partial charge in [0.15, 0.2) is 0 Å². The maximum atomic E-state index is 13.8. The molecule has 0 saturated heterocycles. The number of benzene rings is 2. The summed E-state index contributed by atoms with van der Waals surface area (Å²) in [5, 5.41) is 10.5. The molecule has 0 bridgehead atoms. The van der Waals surface area contributed by atoms with E-state index in [-0.39, 0.29) is 12.4 Å². The third-order valence-electron chi connectivity index (χ3n) is 3.77. The summed E-state index contributed by atoms with van der Waals surface area (Å²) in [5.41, 5.74) is 1.34. The van der Waals surface area contributed by atoms with E-state index >= 15 is 0 Å². The van der Waals surface area contributed by atoms with Crippen molar-refractivity contribution in [1.82, 2.24) is 4.90 Å². The van der Waals surface area contributed by atoms with Crippen LogP contribution in [0.4, 0.5) is 4.39 Å². The van der Waals surface area contributed by atoms with E-state index in [2.05, 4.69) is 0 Å². The molecule has 0 spiro atoms. The van der Waals surface area contributed by atoms with Crippen LogP contribution in [0.25, 0.3) is 0 Å². The highest BCUT2D eigenvalue weighted by molar-refractivity contribution is 6.31. The molecule has 4 nitrogen and oxygen atoms in total. The quantitative estimate of drug-likeness (QED) is 0.736. The van der Waals surface area contributed by atoms with Crippen LogP contribution in [0.5, 0.6) is 5.75 Å². The molecule has 0 aliphatic rings. The Morgan fingerprint density at radius 2 is 1.96 bits per heavy atom. The smallest absolute Gasteiger partial charge is 0.129 e. The number of hydrogen-bond donors (Lipinski definition) is 1. The van der Waals surface area contributed by atoms with Crippen molar-refractivity contribution in [2.75, 3.05) is 27.3 Å². The lowest BCUT2D eigenvalue weighted by Crippen LogP contribution is -2.32. The van der Waals surface area contributed by atoms with Gasteiger partial charge in [0, 0.05) is 29.2 Å². The minimum absolute atomic E-state index is 0.174. The fraction of sp³-hybridized carbons (Fsp3) is 0.368. The fourth-order valence-corrected chi connectivity index (χ4v) is 2.78. The highest BCUT2D eigenvalue weighted by Crippen LogP contribution is 2.20. The first-order valence-electron chi connectivity index (χ1n) is 8.00. The Morgan fingerprint density at radius 3 is 2.68 bits per heavy atom. The number of methoxy groups -OCH3 is 1. The van der Waals surface area contributed by atoms with E-state index in [1.54, 1.807) is 31.2 Å². The van der Waals surface area contributed by atoms with Crippen molar-refractivity contribution in [1.29, 1.82) is 0 Å². The van der Waals surface area contributed by atoms with E-state index in [9.17, 15) is 9.50 Å². The molecule has 2 aromatic rings. The van der Waals surface area contributed by atoms with E-state index in [1.165, 1.54) is 6.07 Å². The molecule has 0 aliphatic heterocycles. The molecule has 136 valence electrons. The first-order chi connectivity index (χ1) is 12.0. The lowest BCUT2D eigenvalue weighted by atomic mass is 10.2. The number of ether oxygens (including phenoxy) is 2. The first kappa shape index (κ1) is 19.7. The summed E-state index contributed by atoms with van der Waals surface area (Å²) in [4.78, 5) is 1.81. The summed E-state index contributed by atoms with van der Waals surface area (Å²) < 4.78 is 24.6. The summed E-state index contributed by atoms with van der Waals surface area (Å²) in [6.45, 7) is 1.18. The minimum Gasteiger partial charge on any atom is -0.496 e. The van der Waals surface area contributed by atoms with Crippen LogP contribution in [0.2, 0.25) is 5.02 Å². The van der Waals surface area contributed by atoms with Crippen molar-refractivity contribution in [3.63, 3.8) is 0 Å². The SMILES string of the molecule is COc1ccccc1COCC(O)CN(C)Cc1c(F)cccc1Cl. The number of aliphatic hydroxyl groups is 1. The maximum absolute atomic E-state index is 13.8. The molecule has 0 aromatic heterocycles. The Bertz CT molecular complexity index is 663. The lowest BCUT2D eigenvalue weighted by Gasteiger charge is -2.21. The van der Waals surface area contributed by atoms with Crippen LogP contribution in [0.15, 0.2) is 42.5 Å². The van der Waals surface area contributed by atoms with Gasteiger partial charge in [-0.1, -0.05) is 35.9 Å². The van der Waals surface area contributed by atoms with Crippen molar-refractivity contribution in [2.45, 2.75) is 19.3 Å². The van der Waals surface area contributed by atoms with Gasteiger partial charge in [-0.2, -0.15) is 0 Å². The molecule has 1 atom stereocenters. The molecule has 1 N–H and O–H groups in total. The maximum Gasteiger partial charge on any atom is 0.129 e. The zero-order valence-electron chi connectivity index (χ0n) is 14.4. The van der Waals surface area contributed by atoms with Crippen LogP contribution in [0.1, 0.15) is 11.1 Å². The van der Waals surface area contributed by atoms with Crippen molar-refractivity contribution in [3.8, 4) is 5.75 Å². The second-order valence-electron chi connectivity index (χ2n) is 5.88. The topological polar surface area (TPSA) is 41.9 Å². The number of hydrogen-bond acceptors (Lipinski definition) is 4. The van der Waals surface area contributed by atoms with Crippen molar-refractivity contribution in [2.24, 2.45) is 0 Å². The van der Waals surface area contributed by atoms with E-state index in [0.29, 0.717) is 30.3 Å². The molecule has 0 aliphatic carbocycles. The number of aliphatic hydroxyl groups excluding tert-OH is 1. The Hall–Kier alpha value is -1.66. The van der Waals surface area contributed by atoms with E-state index in [4.69, 9.17) is 21.1 Å². The van der Waals surface area contributed by atoms with Gasteiger partial charge in [0.1, 0.15) is 11.6 Å². The molecule has 1 unspecified atom stereocenters. The Labute approximate surface area is 152 Å². The third kappa shape index (κ3) is 5.97. The Morgan fingerprint density at radius 1 is 1.20 bits per heavy atom. The van der Waals surface area contributed by atoms with Crippen molar-refractivity contribution in [3.05, 3.63) is 64.4 Å². The van der Waals surface area contributed by atoms with Crippen LogP contribution in [-0.4, -0.2) is 43.4 Å². The van der Waals surface area contributed by atoms with Crippen LogP contribution in [-0.2, 0) is 17.9 Å². The second-order valence-corrected chi connectivity index (χ2v) is 6.28. The second kappa shape index (κ2) is 9.73. The van der Waals surface area contributed by atoms with Crippen molar-refractivity contribution >= 4 is 11.6 Å². The average molecular weight is 368 g/mol. The minimum atomic E-state index is -0.690. The summed E-state index contributed by atoms with van der Waals surface area (Å²) >= 11 is 6.02. The summed E-state index contributed by atoms with van der Waals surface area (Å²) in [5.74, 6) is 0.407. The molecule has 0 heterocycles. The Kier molecular flexibility index (Phi) is 7.65. The largest absolute Gasteiger partial charge is 0.496 e. The molecule has 0 saturated carbocycles. The molecule has 0 amide bonds. The van der Waals surface area contributed by atoms with Gasteiger partial charge in [0.2, 0.25) is 0 Å². The molecule has 0 radical (unpaired) electrons. The molecule has 2 aromatic carbocycles. The van der Waals surface area contributed by atoms with Crippen LogP contribution in [0, 0.1) is 5.82 Å². The van der Waals surface area contributed by atoms with Gasteiger partial charge in [-0.05, 0) is 25.2 Å². The zero-order valence-corrected chi connectivity index (χ0v) is 15.2. The van der Waals surface area contributed by atoms with Crippen LogP contribution in [0.3, 0.4) is 0 Å². The highest BCUT2D eigenvalue weighted by atomic mass is 35.5. The molecular weight excluding hydrogens is 345 g/mol. The van der Waals surface area contributed by atoms with Gasteiger partial charge >= 0.3 is 0 Å². The standard InChI is InChI=1S/C19H23ClFNO3/c1-22(11-16-17(20)7-5-8-18(16)21)10-15(23)13-25-12-14-6-3-4-9-19(14)24-2/h3-9,15,23H,10-13H2,1-2H3. The van der Waals surface area contributed by atoms with Gasteiger partial charge in [0.25, 0.3) is 0 Å². The highest BCUT2D eigenvalue weighted by Gasteiger charge is 2.13. The van der Waals surface area contributed by atoms with Gasteiger partial charge in [0.05, 0.1) is 26.4 Å². The molecule has 25 heavy (non-hydrogen) atoms. The Balaban J connectivity index is 1.79. The number of likely N-dealkylation sites (N-methyl/N-ethyl adjacent to an activating group) is 1. The number of nitrogens with zero attached hydrogens (tertiary/aromatic N) is 1. The summed E-state index contributed by atoms with van der Waals surface area (Å²) in [7, 11) is 3.41. The van der Waals surface area contributed by atoms with Crippen molar-refractivity contribution < 1.29 is 19.0 Å². The third-order valence-corrected chi connectivity index (χ3v) is 4.13. The van der Waals surface area contributed by atoms with Gasteiger partial charge in [-0.3, -0.25) is 4.90 Å². The first-order valence-corrected chi connectivity index (χ1v) is 8.38. The van der Waals surface area contributed by atoms with Gasteiger partial charge < -0.3 is 14.6 Å². The molecule has 0 fully saturated rings. The van der Waals surface area contributed by atoms with E-state index < -0.39 is 6.10 Å². The number of halogens is 2. The summed E-state index contributed by atoms with van der Waals surface area (Å²) in [6, 6.07) is 12.2. The van der Waals surface area contributed by atoms with Crippen LogP contribution >= 0.6 is 11.6 Å². The normalized spacial score (nSPS) is 12.4. The monoisotopic (exact) mass is 367 g/mol. The van der Waals surface area contributed by atoms with Gasteiger partial charge in [-0.25, -0.2) is 4.39 Å². The van der Waals surface area contributed by atoms with Crippen LogP contribution < -0.4 is 4.74 Å². The predicted molar refractivity (Wildman–Crippen MR) is 96.4 cm³/mol. The lowest BCUT2D eigenvalue weighted by molar-refractivity contribution is 0.0121. The number of rotatable bonds is 9. The van der Waals surface area contributed by atoms with Gasteiger partial charge in [-0.15, -0.1) is 0 Å². The predicted octanol–water partition coefficient (Wildman–Crippen LogP) is 3.50. The van der Waals surface area contributed by atoms with E-state index in [0.717, 1.165) is 11.3 Å². The van der Waals surface area contributed by atoms with E-state index in [1.807, 2.05) is 24.3 Å². The fourth-order valence-electron chi connectivity index (χ4n) is 2.56.